The Hall–Kier alpha value is -3.09. The molecular formula is C19H20N4O3. The molecule has 0 spiro atoms. The molecule has 3 aromatic rings. The van der Waals surface area contributed by atoms with Crippen molar-refractivity contribution in [1.82, 2.24) is 19.7 Å². The van der Waals surface area contributed by atoms with E-state index in [9.17, 15) is 4.79 Å². The normalized spacial score (nSPS) is 13.6. The van der Waals surface area contributed by atoms with E-state index < -0.39 is 0 Å². The predicted molar refractivity (Wildman–Crippen MR) is 94.4 cm³/mol. The van der Waals surface area contributed by atoms with Crippen molar-refractivity contribution in [3.63, 3.8) is 0 Å². The van der Waals surface area contributed by atoms with Gasteiger partial charge in [0.25, 0.3) is 5.91 Å². The lowest BCUT2D eigenvalue weighted by Gasteiger charge is -2.15. The van der Waals surface area contributed by atoms with E-state index in [4.69, 9.17) is 9.15 Å². The van der Waals surface area contributed by atoms with Gasteiger partial charge in [-0.15, -0.1) is 0 Å². The molecule has 1 aromatic carbocycles. The molecule has 1 saturated carbocycles. The largest absolute Gasteiger partial charge is 0.497 e. The maximum Gasteiger partial charge on any atom is 0.276 e. The quantitative estimate of drug-likeness (QED) is 0.682. The molecule has 7 nitrogen and oxygen atoms in total. The molecular weight excluding hydrogens is 332 g/mol. The zero-order valence-electron chi connectivity index (χ0n) is 14.8. The van der Waals surface area contributed by atoms with Gasteiger partial charge in [-0.3, -0.25) is 4.79 Å². The second kappa shape index (κ2) is 6.67. The summed E-state index contributed by atoms with van der Waals surface area (Å²) in [6, 6.07) is 7.65. The number of carbonyl (C=O) groups excluding carboxylic acids is 1. The molecule has 134 valence electrons. The number of benzene rings is 1. The van der Waals surface area contributed by atoms with E-state index in [0.29, 0.717) is 23.9 Å². The highest BCUT2D eigenvalue weighted by Crippen LogP contribution is 2.41. The van der Waals surface area contributed by atoms with Gasteiger partial charge in [0.2, 0.25) is 0 Å². The van der Waals surface area contributed by atoms with Gasteiger partial charge >= 0.3 is 0 Å². The minimum Gasteiger partial charge on any atom is -0.497 e. The SMILES string of the molecule is COc1cccc(-n2cc(CN(C)C(=O)c3ncoc3C3CC3)cn2)c1. The van der Waals surface area contributed by atoms with Crippen molar-refractivity contribution in [2.75, 3.05) is 14.2 Å². The third kappa shape index (κ3) is 3.20. The van der Waals surface area contributed by atoms with E-state index in [1.165, 1.54) is 6.39 Å². The number of hydrogen-bond acceptors (Lipinski definition) is 5. The van der Waals surface area contributed by atoms with Crippen LogP contribution in [0.15, 0.2) is 47.5 Å². The minimum atomic E-state index is -0.130. The Morgan fingerprint density at radius 2 is 2.27 bits per heavy atom. The molecule has 0 unspecified atom stereocenters. The Morgan fingerprint density at radius 1 is 1.42 bits per heavy atom. The molecule has 0 atom stereocenters. The Bertz CT molecular complexity index is 926. The monoisotopic (exact) mass is 352 g/mol. The molecule has 2 aromatic heterocycles. The summed E-state index contributed by atoms with van der Waals surface area (Å²) in [7, 11) is 3.39. The van der Waals surface area contributed by atoms with Gasteiger partial charge in [-0.25, -0.2) is 9.67 Å². The first-order valence-electron chi connectivity index (χ1n) is 8.52. The topological polar surface area (TPSA) is 73.4 Å². The lowest BCUT2D eigenvalue weighted by atomic mass is 10.2. The number of hydrogen-bond donors (Lipinski definition) is 0. The summed E-state index contributed by atoms with van der Waals surface area (Å²) in [4.78, 5) is 18.4. The fourth-order valence-corrected chi connectivity index (χ4v) is 2.91. The second-order valence-electron chi connectivity index (χ2n) is 6.50. The summed E-state index contributed by atoms with van der Waals surface area (Å²) in [5, 5.41) is 4.38. The zero-order valence-corrected chi connectivity index (χ0v) is 14.8. The summed E-state index contributed by atoms with van der Waals surface area (Å²) >= 11 is 0. The van der Waals surface area contributed by atoms with Crippen LogP contribution >= 0.6 is 0 Å². The molecule has 0 radical (unpaired) electrons. The lowest BCUT2D eigenvalue weighted by Crippen LogP contribution is -2.27. The first-order chi connectivity index (χ1) is 12.7. The maximum absolute atomic E-state index is 12.7. The first kappa shape index (κ1) is 16.4. The van der Waals surface area contributed by atoms with Crippen LogP contribution in [0.2, 0.25) is 0 Å². The van der Waals surface area contributed by atoms with Crippen molar-refractivity contribution in [2.24, 2.45) is 0 Å². The molecule has 0 bridgehead atoms. The maximum atomic E-state index is 12.7. The Morgan fingerprint density at radius 3 is 3.04 bits per heavy atom. The second-order valence-corrected chi connectivity index (χ2v) is 6.50. The zero-order chi connectivity index (χ0) is 18.1. The van der Waals surface area contributed by atoms with Crippen LogP contribution in [0.4, 0.5) is 0 Å². The third-order valence-corrected chi connectivity index (χ3v) is 4.47. The van der Waals surface area contributed by atoms with Crippen LogP contribution < -0.4 is 4.74 Å². The van der Waals surface area contributed by atoms with Crippen LogP contribution in [0.1, 0.15) is 40.6 Å². The molecule has 7 heteroatoms. The highest BCUT2D eigenvalue weighted by molar-refractivity contribution is 5.93. The summed E-state index contributed by atoms with van der Waals surface area (Å²) in [5.74, 6) is 1.70. The molecule has 1 aliphatic carbocycles. The number of rotatable bonds is 6. The van der Waals surface area contributed by atoms with Gasteiger partial charge in [-0.2, -0.15) is 5.10 Å². The fraction of sp³-hybridized carbons (Fsp3) is 0.316. The molecule has 0 aliphatic heterocycles. The number of ether oxygens (including phenoxy) is 1. The van der Waals surface area contributed by atoms with Crippen molar-refractivity contribution in [1.29, 1.82) is 0 Å². The van der Waals surface area contributed by atoms with Crippen molar-refractivity contribution < 1.29 is 13.9 Å². The smallest absolute Gasteiger partial charge is 0.276 e. The van der Waals surface area contributed by atoms with Gasteiger partial charge in [-0.05, 0) is 25.0 Å². The Kier molecular flexibility index (Phi) is 4.20. The molecule has 4 rings (SSSR count). The van der Waals surface area contributed by atoms with Crippen molar-refractivity contribution in [3.8, 4) is 11.4 Å². The minimum absolute atomic E-state index is 0.130. The molecule has 0 saturated heterocycles. The standard InChI is InChI=1S/C19H20N4O3/c1-22(19(24)17-18(14-6-7-14)26-12-20-17)10-13-9-21-23(11-13)15-4-3-5-16(8-15)25-2/h3-5,8-9,11-12,14H,6-7,10H2,1-2H3. The average molecular weight is 352 g/mol. The van der Waals surface area contributed by atoms with E-state index in [-0.39, 0.29) is 5.91 Å². The highest BCUT2D eigenvalue weighted by atomic mass is 16.5. The molecule has 0 N–H and O–H groups in total. The number of amides is 1. The number of oxazole rings is 1. The third-order valence-electron chi connectivity index (χ3n) is 4.47. The molecule has 26 heavy (non-hydrogen) atoms. The average Bonchev–Trinajstić information content (AvgIpc) is 3.20. The highest BCUT2D eigenvalue weighted by Gasteiger charge is 2.33. The number of carbonyl (C=O) groups is 1. The van der Waals surface area contributed by atoms with Gasteiger partial charge in [-0.1, -0.05) is 6.07 Å². The molecule has 1 aliphatic rings. The van der Waals surface area contributed by atoms with Gasteiger partial charge in [0.15, 0.2) is 12.1 Å². The predicted octanol–water partition coefficient (Wildman–Crippen LogP) is 3.02. The van der Waals surface area contributed by atoms with Crippen molar-refractivity contribution in [2.45, 2.75) is 25.3 Å². The Labute approximate surface area is 151 Å². The van der Waals surface area contributed by atoms with E-state index in [1.807, 2.05) is 30.5 Å². The van der Waals surface area contributed by atoms with Crippen LogP contribution in [0.3, 0.4) is 0 Å². The van der Waals surface area contributed by atoms with Gasteiger partial charge < -0.3 is 14.1 Å². The van der Waals surface area contributed by atoms with Crippen molar-refractivity contribution in [3.05, 3.63) is 60.1 Å². The van der Waals surface area contributed by atoms with Gasteiger partial charge in [0.1, 0.15) is 11.5 Å². The molecule has 2 heterocycles. The first-order valence-corrected chi connectivity index (χ1v) is 8.52. The Balaban J connectivity index is 1.48. The fourth-order valence-electron chi connectivity index (χ4n) is 2.91. The van der Waals surface area contributed by atoms with Crippen LogP contribution in [0, 0.1) is 0 Å². The van der Waals surface area contributed by atoms with E-state index in [1.54, 1.807) is 29.9 Å². The summed E-state index contributed by atoms with van der Waals surface area (Å²) < 4.78 is 12.4. The van der Waals surface area contributed by atoms with E-state index in [2.05, 4.69) is 10.1 Å². The van der Waals surface area contributed by atoms with Crippen LogP contribution in [-0.4, -0.2) is 39.7 Å². The van der Waals surface area contributed by atoms with Crippen molar-refractivity contribution >= 4 is 5.91 Å². The number of methoxy groups -OCH3 is 1. The number of nitrogens with zero attached hydrogens (tertiary/aromatic N) is 4. The van der Waals surface area contributed by atoms with E-state index in [0.717, 1.165) is 29.8 Å². The summed E-state index contributed by atoms with van der Waals surface area (Å²) in [6.45, 7) is 0.444. The van der Waals surface area contributed by atoms with E-state index >= 15 is 0 Å². The summed E-state index contributed by atoms with van der Waals surface area (Å²) in [6.07, 6.45) is 7.14. The van der Waals surface area contributed by atoms with Gasteiger partial charge in [0, 0.05) is 37.3 Å². The van der Waals surface area contributed by atoms with Gasteiger partial charge in [0.05, 0.1) is 19.0 Å². The van der Waals surface area contributed by atoms with Crippen LogP contribution in [-0.2, 0) is 6.54 Å². The number of aromatic nitrogens is 3. The molecule has 1 amide bonds. The lowest BCUT2D eigenvalue weighted by molar-refractivity contribution is 0.0777. The summed E-state index contributed by atoms with van der Waals surface area (Å²) in [5.41, 5.74) is 2.26. The van der Waals surface area contributed by atoms with Crippen LogP contribution in [0.25, 0.3) is 5.69 Å². The molecule has 1 fully saturated rings. The van der Waals surface area contributed by atoms with Crippen LogP contribution in [0.5, 0.6) is 5.75 Å².